The molecule has 0 radical (unpaired) electrons. The van der Waals surface area contributed by atoms with E-state index in [-0.39, 0.29) is 38.2 Å². The van der Waals surface area contributed by atoms with Crippen LogP contribution < -0.4 is 31.7 Å². The molecule has 400 valence electrons. The van der Waals surface area contributed by atoms with Crippen molar-refractivity contribution in [2.45, 2.75) is 155 Å². The molecule has 3 aromatic carbocycles. The molecule has 2 heterocycles. The molecular formula is C56H76N8O10. The second-order valence-corrected chi connectivity index (χ2v) is 21.9. The maximum absolute atomic E-state index is 14.8. The van der Waals surface area contributed by atoms with Crippen molar-refractivity contribution in [2.24, 2.45) is 11.7 Å². The van der Waals surface area contributed by atoms with E-state index in [0.717, 1.165) is 5.56 Å². The highest BCUT2D eigenvalue weighted by molar-refractivity contribution is 5.96. The molecule has 0 fully saturated rings. The van der Waals surface area contributed by atoms with Gasteiger partial charge in [-0.2, -0.15) is 0 Å². The number of para-hydroxylation sites is 1. The van der Waals surface area contributed by atoms with E-state index in [2.05, 4.69) is 26.3 Å². The highest BCUT2D eigenvalue weighted by atomic mass is 16.6. The maximum Gasteiger partial charge on any atom is 0.419 e. The molecule has 0 aliphatic heterocycles. The monoisotopic (exact) mass is 1020 g/mol. The van der Waals surface area contributed by atoms with E-state index in [4.69, 9.17) is 24.7 Å². The van der Waals surface area contributed by atoms with Crippen molar-refractivity contribution in [1.82, 2.24) is 35.4 Å². The molecule has 74 heavy (non-hydrogen) atoms. The Kier molecular flexibility index (Phi) is 19.7. The number of nitrogens with zero attached hydrogens (tertiary/aromatic N) is 3. The third kappa shape index (κ3) is 18.2. The van der Waals surface area contributed by atoms with Crippen LogP contribution in [0.4, 0.5) is 4.79 Å². The van der Waals surface area contributed by atoms with Crippen LogP contribution in [-0.2, 0) is 64.0 Å². The molecule has 0 spiro atoms. The van der Waals surface area contributed by atoms with Crippen LogP contribution in [0.3, 0.4) is 0 Å². The molecule has 0 bridgehead atoms. The summed E-state index contributed by atoms with van der Waals surface area (Å²) >= 11 is 0. The highest BCUT2D eigenvalue weighted by Gasteiger charge is 2.34. The van der Waals surface area contributed by atoms with Gasteiger partial charge in [-0.3, -0.25) is 23.7 Å². The summed E-state index contributed by atoms with van der Waals surface area (Å²) in [5.41, 5.74) is 7.88. The lowest BCUT2D eigenvalue weighted by atomic mass is 10.0. The summed E-state index contributed by atoms with van der Waals surface area (Å²) in [4.78, 5) is 88.6. The first-order valence-corrected chi connectivity index (χ1v) is 25.0. The smallest absolute Gasteiger partial charge is 0.419 e. The zero-order valence-corrected chi connectivity index (χ0v) is 44.9. The van der Waals surface area contributed by atoms with Crippen molar-refractivity contribution in [1.29, 1.82) is 0 Å². The molecule has 5 aromatic rings. The number of imidazole rings is 1. The number of fused-ring (bicyclic) bond motifs is 1. The average Bonchev–Trinajstić information content (AvgIpc) is 3.92. The molecule has 0 saturated carbocycles. The number of esters is 1. The van der Waals surface area contributed by atoms with Crippen LogP contribution in [0.5, 0.6) is 5.75 Å². The van der Waals surface area contributed by atoms with Crippen molar-refractivity contribution in [2.75, 3.05) is 13.7 Å². The van der Waals surface area contributed by atoms with Gasteiger partial charge in [0.05, 0.1) is 42.9 Å². The molecule has 4 amide bonds. The van der Waals surface area contributed by atoms with Crippen LogP contribution in [0.2, 0.25) is 0 Å². The summed E-state index contributed by atoms with van der Waals surface area (Å²) < 4.78 is 26.0. The largest absolute Gasteiger partial charge is 0.488 e. The van der Waals surface area contributed by atoms with Crippen molar-refractivity contribution in [3.8, 4) is 5.75 Å². The van der Waals surface area contributed by atoms with Crippen molar-refractivity contribution < 1.29 is 47.7 Å². The lowest BCUT2D eigenvalue weighted by molar-refractivity contribution is -0.146. The minimum Gasteiger partial charge on any atom is -0.488 e. The predicted molar refractivity (Wildman–Crippen MR) is 282 cm³/mol. The first-order valence-electron chi connectivity index (χ1n) is 25.0. The number of ether oxygens (including phenoxy) is 4. The Bertz CT molecular complexity index is 2690. The number of amides is 4. The second-order valence-electron chi connectivity index (χ2n) is 21.9. The van der Waals surface area contributed by atoms with Gasteiger partial charge in [-0.15, -0.1) is 0 Å². The van der Waals surface area contributed by atoms with Gasteiger partial charge in [0.25, 0.3) is 0 Å². The van der Waals surface area contributed by atoms with Gasteiger partial charge in [0.1, 0.15) is 41.1 Å². The number of nitrogens with one attached hydrogen (secondary N) is 4. The summed E-state index contributed by atoms with van der Waals surface area (Å²) in [6.45, 7) is 20.4. The molecule has 2 aromatic heterocycles. The van der Waals surface area contributed by atoms with Crippen LogP contribution in [-0.4, -0.2) is 111 Å². The van der Waals surface area contributed by atoms with Crippen molar-refractivity contribution >= 4 is 46.6 Å². The second kappa shape index (κ2) is 25.3. The third-order valence-electron chi connectivity index (χ3n) is 11.3. The summed E-state index contributed by atoms with van der Waals surface area (Å²) in [5.74, 6) is -2.94. The van der Waals surface area contributed by atoms with E-state index >= 15 is 0 Å². The lowest BCUT2D eigenvalue weighted by Gasteiger charge is -2.28. The first kappa shape index (κ1) is 57.8. The Morgan fingerprint density at radius 1 is 0.635 bits per heavy atom. The van der Waals surface area contributed by atoms with Gasteiger partial charge in [-0.1, -0.05) is 74.5 Å². The van der Waals surface area contributed by atoms with E-state index in [9.17, 15) is 28.8 Å². The average molecular weight is 1020 g/mol. The van der Waals surface area contributed by atoms with Gasteiger partial charge in [0.15, 0.2) is 0 Å². The summed E-state index contributed by atoms with van der Waals surface area (Å²) in [6.07, 6.45) is 4.51. The fourth-order valence-corrected chi connectivity index (χ4v) is 7.95. The lowest BCUT2D eigenvalue weighted by Crippen LogP contribution is -2.60. The molecule has 6 N–H and O–H groups in total. The molecule has 0 aliphatic rings. The molecule has 18 nitrogen and oxygen atoms in total. The van der Waals surface area contributed by atoms with Gasteiger partial charge < -0.3 is 50.5 Å². The number of nitrogens with two attached hydrogens (primary N) is 1. The van der Waals surface area contributed by atoms with Crippen LogP contribution in [0.25, 0.3) is 10.9 Å². The zero-order valence-electron chi connectivity index (χ0n) is 44.9. The Morgan fingerprint density at radius 3 is 1.81 bits per heavy atom. The number of hydrogen-bond acceptors (Lipinski definition) is 12. The number of carbonyl (C=O) groups is 6. The summed E-state index contributed by atoms with van der Waals surface area (Å²) in [5, 5.41) is 11.9. The predicted octanol–water partition coefficient (Wildman–Crippen LogP) is 6.18. The quantitative estimate of drug-likeness (QED) is 0.0490. The van der Waals surface area contributed by atoms with Crippen LogP contribution in [0, 0.1) is 5.92 Å². The molecule has 5 rings (SSSR count). The highest BCUT2D eigenvalue weighted by Crippen LogP contribution is 2.25. The zero-order chi connectivity index (χ0) is 54.5. The number of benzene rings is 3. The molecule has 0 unspecified atom stereocenters. The number of carbonyl (C=O) groups excluding carboxylic acids is 6. The standard InChI is InChI=1S/C56H76N8O10/c1-35(2)26-45(52(69)71-12)61-50(67)44(29-39-32-63(34-58-39)30-37-18-14-13-15-19-37)60-49(66)43(27-36-22-24-40(25-23-36)73-55(6,7)8)59-51(68)46(33-72-54(3,4)5)62-48(65)42(57)28-38-31-64(53(70)74-56(9,10)11)47-21-17-16-20-41(38)47/h13-25,31-32,34-35,42-46H,26-30,33,57H2,1-12H3,(H,59,68)(H,60,66)(H,61,67)(H,62,65)/t42-,43-,44+,45-,46-/m0/s1. The van der Waals surface area contributed by atoms with Crippen molar-refractivity contribution in [3.63, 3.8) is 0 Å². The van der Waals surface area contributed by atoms with E-state index in [1.807, 2.05) is 81.7 Å². The summed E-state index contributed by atoms with van der Waals surface area (Å²) in [7, 11) is 1.24. The van der Waals surface area contributed by atoms with E-state index in [1.54, 1.807) is 96.7 Å². The number of aromatic nitrogens is 3. The fourth-order valence-electron chi connectivity index (χ4n) is 7.95. The maximum atomic E-state index is 14.8. The topological polar surface area (TPSA) is 236 Å². The van der Waals surface area contributed by atoms with E-state index in [0.29, 0.717) is 40.0 Å². The molecule has 0 saturated heterocycles. The number of rotatable bonds is 22. The van der Waals surface area contributed by atoms with E-state index in [1.165, 1.54) is 11.7 Å². The Balaban J connectivity index is 1.45. The molecule has 18 heteroatoms. The van der Waals surface area contributed by atoms with E-state index < -0.39 is 82.7 Å². The fraction of sp³-hybridized carbons (Fsp3) is 0.482. The first-order chi connectivity index (χ1) is 34.7. The van der Waals surface area contributed by atoms with Gasteiger partial charge in [-0.05, 0) is 116 Å². The van der Waals surface area contributed by atoms with Crippen LogP contribution in [0.15, 0.2) is 97.6 Å². The molecule has 0 aliphatic carbocycles. The molecule has 5 atom stereocenters. The van der Waals surface area contributed by atoms with Gasteiger partial charge >= 0.3 is 12.1 Å². The summed E-state index contributed by atoms with van der Waals surface area (Å²) in [6, 6.07) is 17.8. The minimum atomic E-state index is -1.36. The van der Waals surface area contributed by atoms with Crippen LogP contribution >= 0.6 is 0 Å². The number of hydrogen-bond donors (Lipinski definition) is 5. The van der Waals surface area contributed by atoms with Crippen molar-refractivity contribution in [3.05, 3.63) is 120 Å². The van der Waals surface area contributed by atoms with Gasteiger partial charge in [-0.25, -0.2) is 14.6 Å². The Morgan fingerprint density at radius 2 is 1.22 bits per heavy atom. The Hall–Kier alpha value is -7.05. The van der Waals surface area contributed by atoms with Gasteiger partial charge in [0.2, 0.25) is 23.6 Å². The minimum absolute atomic E-state index is 0.00260. The van der Waals surface area contributed by atoms with Crippen LogP contribution in [0.1, 0.15) is 105 Å². The van der Waals surface area contributed by atoms with Gasteiger partial charge in [0, 0.05) is 37.2 Å². The SMILES string of the molecule is COC(=O)[C@H](CC(C)C)NC(=O)[C@@H](Cc1cn(Cc2ccccc2)cn1)NC(=O)[C@H](Cc1ccc(OC(C)(C)C)cc1)NC(=O)[C@H](COC(C)(C)C)NC(=O)[C@@H](N)Cc1cn(C(=O)OC(C)(C)C)c2ccccc12. The Labute approximate surface area is 434 Å². The third-order valence-corrected chi connectivity index (χ3v) is 11.3. The normalized spacial score (nSPS) is 14.0. The number of methoxy groups -OCH3 is 1. The molecular weight excluding hydrogens is 945 g/mol.